The van der Waals surface area contributed by atoms with Crippen LogP contribution in [0.15, 0.2) is 36.4 Å². The average Bonchev–Trinajstić information content (AvgIpc) is 2.63. The predicted molar refractivity (Wildman–Crippen MR) is 103 cm³/mol. The van der Waals surface area contributed by atoms with Crippen molar-refractivity contribution < 1.29 is 24.2 Å². The molecule has 0 saturated carbocycles. The molecule has 0 aliphatic carbocycles. The van der Waals surface area contributed by atoms with Gasteiger partial charge in [-0.05, 0) is 61.2 Å². The van der Waals surface area contributed by atoms with E-state index in [9.17, 15) is 9.59 Å². The Hall–Kier alpha value is -2.73. The number of hydrogen-bond donors (Lipinski definition) is 2. The van der Waals surface area contributed by atoms with E-state index in [1.165, 1.54) is 0 Å². The van der Waals surface area contributed by atoms with Gasteiger partial charge >= 0.3 is 5.97 Å². The zero-order chi connectivity index (χ0) is 19.8. The quantitative estimate of drug-likeness (QED) is 0.685. The third kappa shape index (κ3) is 6.83. The Morgan fingerprint density at radius 1 is 1.00 bits per heavy atom. The van der Waals surface area contributed by atoms with E-state index in [1.54, 1.807) is 24.3 Å². The molecule has 0 unspecified atom stereocenters. The highest BCUT2D eigenvalue weighted by Gasteiger charge is 2.07. The molecule has 0 radical (unpaired) electrons. The molecule has 0 aliphatic rings. The van der Waals surface area contributed by atoms with Crippen LogP contribution in [0.25, 0.3) is 0 Å². The molecule has 0 spiro atoms. The summed E-state index contributed by atoms with van der Waals surface area (Å²) in [5, 5.41) is 12.1. The molecule has 0 aliphatic heterocycles. The number of carboxylic acids is 1. The fraction of sp³-hybridized carbons (Fsp3) is 0.300. The SMILES string of the molecule is Cc1cc(OCC(=O)NCCc2ccc(OCC(=O)O)cc2)cc(C)c1Cl. The summed E-state index contributed by atoms with van der Waals surface area (Å²) in [6, 6.07) is 10.7. The molecule has 2 aromatic carbocycles. The van der Waals surface area contributed by atoms with Gasteiger partial charge in [0.1, 0.15) is 11.5 Å². The summed E-state index contributed by atoms with van der Waals surface area (Å²) in [7, 11) is 0. The van der Waals surface area contributed by atoms with Crippen LogP contribution in [-0.2, 0) is 16.0 Å². The summed E-state index contributed by atoms with van der Waals surface area (Å²) < 4.78 is 10.6. The van der Waals surface area contributed by atoms with Crippen LogP contribution >= 0.6 is 11.6 Å². The summed E-state index contributed by atoms with van der Waals surface area (Å²) in [5.41, 5.74) is 2.81. The maximum atomic E-state index is 11.9. The van der Waals surface area contributed by atoms with Crippen LogP contribution in [0.4, 0.5) is 0 Å². The van der Waals surface area contributed by atoms with Gasteiger partial charge in [-0.25, -0.2) is 4.79 Å². The number of carboxylic acid groups (broad SMARTS) is 1. The Morgan fingerprint density at radius 3 is 2.19 bits per heavy atom. The van der Waals surface area contributed by atoms with Crippen molar-refractivity contribution in [2.24, 2.45) is 0 Å². The normalized spacial score (nSPS) is 10.3. The fourth-order valence-corrected chi connectivity index (χ4v) is 2.54. The molecule has 2 rings (SSSR count). The number of ether oxygens (including phenoxy) is 2. The van der Waals surface area contributed by atoms with Gasteiger partial charge in [0, 0.05) is 11.6 Å². The van der Waals surface area contributed by atoms with Crippen molar-refractivity contribution in [2.45, 2.75) is 20.3 Å². The molecular weight excluding hydrogens is 370 g/mol. The van der Waals surface area contributed by atoms with E-state index in [2.05, 4.69) is 5.32 Å². The van der Waals surface area contributed by atoms with E-state index < -0.39 is 5.97 Å². The van der Waals surface area contributed by atoms with E-state index >= 15 is 0 Å². The van der Waals surface area contributed by atoms with Gasteiger partial charge in [0.15, 0.2) is 13.2 Å². The van der Waals surface area contributed by atoms with Gasteiger partial charge in [0.2, 0.25) is 0 Å². The molecule has 0 atom stereocenters. The second kappa shape index (κ2) is 9.83. The first kappa shape index (κ1) is 20.6. The first-order valence-corrected chi connectivity index (χ1v) is 8.82. The van der Waals surface area contributed by atoms with E-state index in [4.69, 9.17) is 26.2 Å². The van der Waals surface area contributed by atoms with Crippen LogP contribution in [0.3, 0.4) is 0 Å². The van der Waals surface area contributed by atoms with Gasteiger partial charge < -0.3 is 19.9 Å². The Kier molecular flexibility index (Phi) is 7.49. The summed E-state index contributed by atoms with van der Waals surface area (Å²) >= 11 is 6.11. The van der Waals surface area contributed by atoms with Gasteiger partial charge in [-0.2, -0.15) is 0 Å². The van der Waals surface area contributed by atoms with E-state index in [0.717, 1.165) is 16.7 Å². The fourth-order valence-electron chi connectivity index (χ4n) is 2.43. The van der Waals surface area contributed by atoms with Crippen molar-refractivity contribution in [3.63, 3.8) is 0 Å². The molecule has 7 heteroatoms. The van der Waals surface area contributed by atoms with Crippen LogP contribution in [0.5, 0.6) is 11.5 Å². The number of amides is 1. The maximum Gasteiger partial charge on any atom is 0.341 e. The molecule has 27 heavy (non-hydrogen) atoms. The molecular formula is C20H22ClNO5. The summed E-state index contributed by atoms with van der Waals surface area (Å²) in [5.74, 6) is -0.122. The van der Waals surface area contributed by atoms with Crippen LogP contribution in [-0.4, -0.2) is 36.7 Å². The van der Waals surface area contributed by atoms with Gasteiger partial charge in [-0.1, -0.05) is 23.7 Å². The number of benzene rings is 2. The molecule has 0 fully saturated rings. The van der Waals surface area contributed by atoms with Crippen molar-refractivity contribution >= 4 is 23.5 Å². The average molecular weight is 392 g/mol. The number of nitrogens with one attached hydrogen (secondary N) is 1. The number of halogens is 1. The number of carbonyl (C=O) groups is 2. The Bertz CT molecular complexity index is 782. The molecule has 2 N–H and O–H groups in total. The zero-order valence-corrected chi connectivity index (χ0v) is 16.0. The van der Waals surface area contributed by atoms with Crippen molar-refractivity contribution in [1.29, 1.82) is 0 Å². The highest BCUT2D eigenvalue weighted by Crippen LogP contribution is 2.25. The highest BCUT2D eigenvalue weighted by atomic mass is 35.5. The molecule has 0 bridgehead atoms. The second-order valence-electron chi connectivity index (χ2n) is 6.09. The Morgan fingerprint density at radius 2 is 1.59 bits per heavy atom. The van der Waals surface area contributed by atoms with Crippen LogP contribution in [0.2, 0.25) is 5.02 Å². The summed E-state index contributed by atoms with van der Waals surface area (Å²) in [6.07, 6.45) is 0.643. The molecule has 144 valence electrons. The number of aryl methyl sites for hydroxylation is 2. The number of aliphatic carboxylic acids is 1. The monoisotopic (exact) mass is 391 g/mol. The zero-order valence-electron chi connectivity index (χ0n) is 15.3. The van der Waals surface area contributed by atoms with Crippen molar-refractivity contribution in [2.75, 3.05) is 19.8 Å². The number of hydrogen-bond acceptors (Lipinski definition) is 4. The lowest BCUT2D eigenvalue weighted by Crippen LogP contribution is -2.30. The highest BCUT2D eigenvalue weighted by molar-refractivity contribution is 6.32. The van der Waals surface area contributed by atoms with Gasteiger partial charge in [0.25, 0.3) is 5.91 Å². The minimum atomic E-state index is -1.02. The molecule has 6 nitrogen and oxygen atoms in total. The summed E-state index contributed by atoms with van der Waals surface area (Å²) in [4.78, 5) is 22.4. The van der Waals surface area contributed by atoms with E-state index in [0.29, 0.717) is 29.5 Å². The van der Waals surface area contributed by atoms with Crippen LogP contribution < -0.4 is 14.8 Å². The standard InChI is InChI=1S/C20H22ClNO5/c1-13-9-17(10-14(2)20(13)21)26-11-18(23)22-8-7-15-3-5-16(6-4-15)27-12-19(24)25/h3-6,9-10H,7-8,11-12H2,1-2H3,(H,22,23)(H,24,25). The van der Waals surface area contributed by atoms with E-state index in [-0.39, 0.29) is 19.1 Å². The molecule has 0 saturated heterocycles. The maximum absolute atomic E-state index is 11.9. The Labute approximate surface area is 163 Å². The first-order valence-electron chi connectivity index (χ1n) is 8.45. The van der Waals surface area contributed by atoms with Gasteiger partial charge in [0.05, 0.1) is 0 Å². The first-order chi connectivity index (χ1) is 12.8. The lowest BCUT2D eigenvalue weighted by molar-refractivity contribution is -0.139. The number of carbonyl (C=O) groups excluding carboxylic acids is 1. The minimum absolute atomic E-state index is 0.0670. The third-order valence-corrected chi connectivity index (χ3v) is 4.40. The van der Waals surface area contributed by atoms with Crippen molar-refractivity contribution in [3.8, 4) is 11.5 Å². The third-order valence-electron chi connectivity index (χ3n) is 3.80. The molecule has 2 aromatic rings. The molecule has 0 heterocycles. The minimum Gasteiger partial charge on any atom is -0.484 e. The topological polar surface area (TPSA) is 84.9 Å². The predicted octanol–water partition coefficient (Wildman–Crippen LogP) is 3.16. The Balaban J connectivity index is 1.72. The van der Waals surface area contributed by atoms with Gasteiger partial charge in [-0.15, -0.1) is 0 Å². The lowest BCUT2D eigenvalue weighted by atomic mass is 10.1. The largest absolute Gasteiger partial charge is 0.484 e. The van der Waals surface area contributed by atoms with Crippen molar-refractivity contribution in [1.82, 2.24) is 5.32 Å². The number of rotatable bonds is 9. The smallest absolute Gasteiger partial charge is 0.341 e. The van der Waals surface area contributed by atoms with E-state index in [1.807, 2.05) is 26.0 Å². The van der Waals surface area contributed by atoms with Crippen molar-refractivity contribution in [3.05, 3.63) is 58.1 Å². The van der Waals surface area contributed by atoms with Crippen LogP contribution in [0.1, 0.15) is 16.7 Å². The summed E-state index contributed by atoms with van der Waals surface area (Å²) in [6.45, 7) is 3.81. The lowest BCUT2D eigenvalue weighted by Gasteiger charge is -2.10. The van der Waals surface area contributed by atoms with Crippen LogP contribution in [0, 0.1) is 13.8 Å². The molecule has 1 amide bonds. The second-order valence-corrected chi connectivity index (χ2v) is 6.46. The molecule has 0 aromatic heterocycles. The van der Waals surface area contributed by atoms with Gasteiger partial charge in [-0.3, -0.25) is 4.79 Å².